The van der Waals surface area contributed by atoms with Crippen molar-refractivity contribution in [1.29, 1.82) is 0 Å². The second kappa shape index (κ2) is 6.76. The normalized spacial score (nSPS) is 10.5. The van der Waals surface area contributed by atoms with Crippen molar-refractivity contribution in [2.24, 2.45) is 0 Å². The Kier molecular flexibility index (Phi) is 4.52. The first-order chi connectivity index (χ1) is 11.7. The predicted molar refractivity (Wildman–Crippen MR) is 87.6 cm³/mol. The van der Waals surface area contributed by atoms with E-state index >= 15 is 0 Å². The average molecular weight is 348 g/mol. The molecule has 3 aromatic rings. The number of rotatable bonds is 5. The number of ether oxygens (including phenoxy) is 3. The highest BCUT2D eigenvalue weighted by molar-refractivity contribution is 6.31. The first-order valence-corrected chi connectivity index (χ1v) is 7.30. The number of nitrogens with zero attached hydrogens (tertiary/aromatic N) is 3. The van der Waals surface area contributed by atoms with Crippen molar-refractivity contribution in [1.82, 2.24) is 15.1 Å². The fourth-order valence-corrected chi connectivity index (χ4v) is 2.41. The number of methoxy groups -OCH3 is 3. The second-order valence-electron chi connectivity index (χ2n) is 4.68. The minimum atomic E-state index is 0.275. The van der Waals surface area contributed by atoms with Gasteiger partial charge in [0.25, 0.3) is 5.89 Å². The van der Waals surface area contributed by atoms with Gasteiger partial charge >= 0.3 is 0 Å². The van der Waals surface area contributed by atoms with Crippen molar-refractivity contribution >= 4 is 11.6 Å². The lowest BCUT2D eigenvalue weighted by Gasteiger charge is -2.12. The van der Waals surface area contributed by atoms with Crippen LogP contribution in [-0.4, -0.2) is 36.5 Å². The van der Waals surface area contributed by atoms with Crippen LogP contribution in [0.2, 0.25) is 5.15 Å². The molecule has 0 saturated carbocycles. The molecular formula is C16H14ClN3O4. The molecule has 2 heterocycles. The Hall–Kier alpha value is -2.80. The first-order valence-electron chi connectivity index (χ1n) is 6.93. The van der Waals surface area contributed by atoms with Crippen molar-refractivity contribution in [3.63, 3.8) is 0 Å². The summed E-state index contributed by atoms with van der Waals surface area (Å²) in [5, 5.41) is 4.28. The van der Waals surface area contributed by atoms with Crippen LogP contribution in [0.3, 0.4) is 0 Å². The zero-order valence-corrected chi connectivity index (χ0v) is 14.0. The Bertz CT molecular complexity index is 841. The van der Waals surface area contributed by atoms with Crippen molar-refractivity contribution in [3.05, 3.63) is 35.6 Å². The van der Waals surface area contributed by atoms with Gasteiger partial charge in [0.1, 0.15) is 5.15 Å². The SMILES string of the molecule is COc1cc(-c2noc(-c3cccnc3Cl)n2)cc(OC)c1OC. The van der Waals surface area contributed by atoms with Crippen LogP contribution in [0.15, 0.2) is 35.0 Å². The molecule has 0 radical (unpaired) electrons. The van der Waals surface area contributed by atoms with E-state index in [2.05, 4.69) is 15.1 Å². The second-order valence-corrected chi connectivity index (χ2v) is 5.04. The Morgan fingerprint density at radius 3 is 2.33 bits per heavy atom. The summed E-state index contributed by atoms with van der Waals surface area (Å²) in [6, 6.07) is 6.97. The predicted octanol–water partition coefficient (Wildman–Crippen LogP) is 3.48. The van der Waals surface area contributed by atoms with Crippen LogP contribution in [0.4, 0.5) is 0 Å². The van der Waals surface area contributed by atoms with Crippen molar-refractivity contribution in [2.45, 2.75) is 0 Å². The van der Waals surface area contributed by atoms with Gasteiger partial charge in [-0.25, -0.2) is 4.98 Å². The van der Waals surface area contributed by atoms with Gasteiger partial charge in [0.05, 0.1) is 26.9 Å². The third-order valence-corrected chi connectivity index (χ3v) is 3.64. The van der Waals surface area contributed by atoms with Crippen LogP contribution in [0.25, 0.3) is 22.8 Å². The summed E-state index contributed by atoms with van der Waals surface area (Å²) < 4.78 is 21.2. The number of halogens is 1. The van der Waals surface area contributed by atoms with E-state index in [9.17, 15) is 0 Å². The van der Waals surface area contributed by atoms with Gasteiger partial charge in [0.2, 0.25) is 11.6 Å². The van der Waals surface area contributed by atoms with E-state index in [1.54, 1.807) is 30.5 Å². The monoisotopic (exact) mass is 347 g/mol. The maximum absolute atomic E-state index is 6.05. The smallest absolute Gasteiger partial charge is 0.261 e. The van der Waals surface area contributed by atoms with Crippen LogP contribution in [-0.2, 0) is 0 Å². The molecule has 24 heavy (non-hydrogen) atoms. The van der Waals surface area contributed by atoms with E-state index in [0.717, 1.165) is 0 Å². The molecular weight excluding hydrogens is 334 g/mol. The van der Waals surface area contributed by atoms with E-state index in [0.29, 0.717) is 34.2 Å². The van der Waals surface area contributed by atoms with Gasteiger partial charge in [0, 0.05) is 11.8 Å². The number of pyridine rings is 1. The Morgan fingerprint density at radius 1 is 1.04 bits per heavy atom. The van der Waals surface area contributed by atoms with Gasteiger partial charge in [-0.1, -0.05) is 16.8 Å². The maximum atomic E-state index is 6.05. The summed E-state index contributed by atoms with van der Waals surface area (Å²) in [5.74, 6) is 2.12. The molecule has 0 aliphatic rings. The highest BCUT2D eigenvalue weighted by Gasteiger charge is 2.18. The Balaban J connectivity index is 2.06. The molecule has 0 spiro atoms. The number of aromatic nitrogens is 3. The molecule has 0 aliphatic heterocycles. The van der Waals surface area contributed by atoms with Crippen molar-refractivity contribution in [2.75, 3.05) is 21.3 Å². The third-order valence-electron chi connectivity index (χ3n) is 3.34. The molecule has 2 aromatic heterocycles. The molecule has 0 atom stereocenters. The molecule has 124 valence electrons. The maximum Gasteiger partial charge on any atom is 0.261 e. The lowest BCUT2D eigenvalue weighted by atomic mass is 10.1. The summed E-state index contributed by atoms with van der Waals surface area (Å²) in [6.07, 6.45) is 1.59. The quantitative estimate of drug-likeness (QED) is 0.653. The van der Waals surface area contributed by atoms with Crippen LogP contribution in [0.1, 0.15) is 0 Å². The van der Waals surface area contributed by atoms with Crippen LogP contribution < -0.4 is 14.2 Å². The van der Waals surface area contributed by atoms with E-state index in [4.69, 9.17) is 30.3 Å². The van der Waals surface area contributed by atoms with Crippen molar-refractivity contribution in [3.8, 4) is 40.1 Å². The summed E-state index contributed by atoms with van der Waals surface area (Å²) >= 11 is 6.05. The van der Waals surface area contributed by atoms with E-state index < -0.39 is 0 Å². The number of benzene rings is 1. The summed E-state index contributed by atoms with van der Waals surface area (Å²) in [6.45, 7) is 0. The number of hydrogen-bond acceptors (Lipinski definition) is 7. The van der Waals surface area contributed by atoms with Crippen molar-refractivity contribution < 1.29 is 18.7 Å². The topological polar surface area (TPSA) is 79.5 Å². The van der Waals surface area contributed by atoms with Gasteiger partial charge in [0.15, 0.2) is 11.5 Å². The molecule has 0 unspecified atom stereocenters. The van der Waals surface area contributed by atoms with Gasteiger partial charge in [-0.15, -0.1) is 0 Å². The molecule has 3 rings (SSSR count). The van der Waals surface area contributed by atoms with Gasteiger partial charge < -0.3 is 18.7 Å². The van der Waals surface area contributed by atoms with Crippen LogP contribution in [0, 0.1) is 0 Å². The summed E-state index contributed by atoms with van der Waals surface area (Å²) in [7, 11) is 4.62. The van der Waals surface area contributed by atoms with Crippen LogP contribution in [0.5, 0.6) is 17.2 Å². The molecule has 0 saturated heterocycles. The molecule has 8 heteroatoms. The standard InChI is InChI=1S/C16H14ClN3O4/c1-21-11-7-9(8-12(22-2)13(11)23-3)15-19-16(24-20-15)10-5-4-6-18-14(10)17/h4-8H,1-3H3. The Morgan fingerprint density at radius 2 is 1.75 bits per heavy atom. The summed E-state index contributed by atoms with van der Waals surface area (Å²) in [5.41, 5.74) is 1.21. The zero-order chi connectivity index (χ0) is 17.1. The van der Waals surface area contributed by atoms with E-state index in [1.807, 2.05) is 0 Å². The number of hydrogen-bond donors (Lipinski definition) is 0. The molecule has 7 nitrogen and oxygen atoms in total. The fraction of sp³-hybridized carbons (Fsp3) is 0.188. The van der Waals surface area contributed by atoms with Gasteiger partial charge in [-0.2, -0.15) is 4.98 Å². The van der Waals surface area contributed by atoms with E-state index in [1.165, 1.54) is 21.3 Å². The lowest BCUT2D eigenvalue weighted by Crippen LogP contribution is -1.96. The molecule has 0 amide bonds. The molecule has 0 fully saturated rings. The van der Waals surface area contributed by atoms with Gasteiger partial charge in [-0.05, 0) is 24.3 Å². The first kappa shape index (κ1) is 16.1. The molecule has 1 aromatic carbocycles. The Labute approximate surface area is 143 Å². The lowest BCUT2D eigenvalue weighted by molar-refractivity contribution is 0.324. The highest BCUT2D eigenvalue weighted by atomic mass is 35.5. The summed E-state index contributed by atoms with van der Waals surface area (Å²) in [4.78, 5) is 8.36. The average Bonchev–Trinajstić information content (AvgIpc) is 3.10. The third kappa shape index (κ3) is 2.85. The van der Waals surface area contributed by atoms with Crippen LogP contribution >= 0.6 is 11.6 Å². The molecule has 0 bridgehead atoms. The molecule has 0 N–H and O–H groups in total. The zero-order valence-electron chi connectivity index (χ0n) is 13.2. The molecule has 0 aliphatic carbocycles. The fourth-order valence-electron chi connectivity index (χ4n) is 2.21. The minimum Gasteiger partial charge on any atom is -0.493 e. The largest absolute Gasteiger partial charge is 0.493 e. The minimum absolute atomic E-state index is 0.275. The van der Waals surface area contributed by atoms with E-state index in [-0.39, 0.29) is 11.0 Å². The van der Waals surface area contributed by atoms with Gasteiger partial charge in [-0.3, -0.25) is 0 Å². The highest BCUT2D eigenvalue weighted by Crippen LogP contribution is 2.40.